The van der Waals surface area contributed by atoms with Crippen molar-refractivity contribution in [3.8, 4) is 17.4 Å². The Morgan fingerprint density at radius 2 is 1.00 bits per heavy atom. The molecule has 5 nitrogen and oxygen atoms in total. The van der Waals surface area contributed by atoms with Gasteiger partial charge in [-0.1, -0.05) is 164 Å². The third-order valence-electron chi connectivity index (χ3n) is 12.7. The highest BCUT2D eigenvalue weighted by Gasteiger charge is 2.48. The Balaban J connectivity index is 1.25. The monoisotopic (exact) mass is 779 g/mol. The molecule has 61 heavy (non-hydrogen) atoms. The predicted molar refractivity (Wildman–Crippen MR) is 249 cm³/mol. The molecule has 5 heteroatoms. The molecule has 7 aromatic carbocycles. The molecule has 0 spiro atoms. The number of nitrogens with zero attached hydrogens (tertiary/aromatic N) is 5. The van der Waals surface area contributed by atoms with Crippen molar-refractivity contribution in [2.75, 3.05) is 4.90 Å². The summed E-state index contributed by atoms with van der Waals surface area (Å²) in [6.07, 6.45) is 11.4. The van der Waals surface area contributed by atoms with Crippen molar-refractivity contribution in [3.05, 3.63) is 246 Å². The standard InChI is InChI=1S/C56H37N5/c57-37-45-53(60-48-29-14-10-23-41(48)42-24-11-15-30-49(42)60)35-40(36-54(45)61-50-31-16-12-25-43(50)44-26-13-17-32-51(44)61)59-52-33-9-3-8-27-46(52)56(38-19-4-1-5-20-38,39-21-6-2-7-22-39)47-28-18-34-58-55(47)59/h1-32,34-36H,33H2. The molecule has 0 atom stereocenters. The van der Waals surface area contributed by atoms with Crippen molar-refractivity contribution in [2.45, 2.75) is 11.8 Å². The zero-order valence-electron chi connectivity index (χ0n) is 33.2. The largest absolute Gasteiger partial charge is 0.308 e. The van der Waals surface area contributed by atoms with Crippen LogP contribution in [0.15, 0.2) is 224 Å². The molecule has 0 amide bonds. The fourth-order valence-corrected chi connectivity index (χ4v) is 10.3. The summed E-state index contributed by atoms with van der Waals surface area (Å²) in [6.45, 7) is 0. The van der Waals surface area contributed by atoms with Gasteiger partial charge in [-0.15, -0.1) is 0 Å². The Labute approximate surface area is 353 Å². The maximum atomic E-state index is 11.6. The van der Waals surface area contributed by atoms with Crippen molar-refractivity contribution in [3.63, 3.8) is 0 Å². The molecular weight excluding hydrogens is 743 g/mol. The second-order valence-corrected chi connectivity index (χ2v) is 15.8. The van der Waals surface area contributed by atoms with E-state index in [9.17, 15) is 5.26 Å². The van der Waals surface area contributed by atoms with E-state index in [0.29, 0.717) is 12.0 Å². The third-order valence-corrected chi connectivity index (χ3v) is 12.7. The van der Waals surface area contributed by atoms with Gasteiger partial charge < -0.3 is 9.13 Å². The second kappa shape index (κ2) is 13.7. The van der Waals surface area contributed by atoms with Gasteiger partial charge >= 0.3 is 0 Å². The van der Waals surface area contributed by atoms with Crippen LogP contribution in [0.25, 0.3) is 55.0 Å². The number of fused-ring (bicyclic) bond motifs is 7. The number of rotatable bonds is 5. The van der Waals surface area contributed by atoms with Gasteiger partial charge in [0.15, 0.2) is 0 Å². The first-order valence-corrected chi connectivity index (χ1v) is 20.8. The SMILES string of the molecule is N#Cc1c(-n2c3ccccc3c3ccccc32)cc(N2C3=C(C=CC=CC3)C(c3ccccc3)(c3ccccc3)c3cccnc32)cc1-n1c2ccccc2c2ccccc21. The summed E-state index contributed by atoms with van der Waals surface area (Å²) >= 11 is 0. The van der Waals surface area contributed by atoms with Crippen LogP contribution in [-0.4, -0.2) is 14.1 Å². The molecule has 0 N–H and O–H groups in total. The van der Waals surface area contributed by atoms with Gasteiger partial charge in [0, 0.05) is 45.4 Å². The average molecular weight is 780 g/mol. The molecular formula is C56H37N5. The number of anilines is 2. The van der Waals surface area contributed by atoms with Crippen LogP contribution in [0.3, 0.4) is 0 Å². The zero-order chi connectivity index (χ0) is 40.5. The minimum atomic E-state index is -0.668. The van der Waals surface area contributed by atoms with Crippen LogP contribution in [0.1, 0.15) is 28.7 Å². The zero-order valence-corrected chi connectivity index (χ0v) is 33.2. The van der Waals surface area contributed by atoms with Crippen LogP contribution in [0.5, 0.6) is 0 Å². The molecule has 3 aromatic heterocycles. The fraction of sp³-hybridized carbons (Fsp3) is 0.0357. The average Bonchev–Trinajstić information content (AvgIpc) is 3.72. The predicted octanol–water partition coefficient (Wildman–Crippen LogP) is 13.4. The van der Waals surface area contributed by atoms with E-state index in [-0.39, 0.29) is 0 Å². The van der Waals surface area contributed by atoms with Crippen molar-refractivity contribution in [2.24, 2.45) is 0 Å². The normalized spacial score (nSPS) is 14.4. The summed E-state index contributed by atoms with van der Waals surface area (Å²) in [5.74, 6) is 0.851. The molecule has 1 aliphatic heterocycles. The summed E-state index contributed by atoms with van der Waals surface area (Å²) < 4.78 is 4.57. The molecule has 0 saturated carbocycles. The Kier molecular flexibility index (Phi) is 7.81. The Morgan fingerprint density at radius 3 is 1.49 bits per heavy atom. The summed E-state index contributed by atoms with van der Waals surface area (Å²) in [5.41, 5.74) is 12.3. The Morgan fingerprint density at radius 1 is 0.525 bits per heavy atom. The van der Waals surface area contributed by atoms with Gasteiger partial charge in [0.05, 0.1) is 44.5 Å². The lowest BCUT2D eigenvalue weighted by atomic mass is 9.62. The molecule has 0 saturated heterocycles. The van der Waals surface area contributed by atoms with Gasteiger partial charge in [-0.2, -0.15) is 5.26 Å². The van der Waals surface area contributed by atoms with E-state index in [1.54, 1.807) is 0 Å². The quantitative estimate of drug-likeness (QED) is 0.175. The maximum Gasteiger partial charge on any atom is 0.142 e. The number of para-hydroxylation sites is 4. The van der Waals surface area contributed by atoms with Crippen LogP contribution in [0, 0.1) is 11.3 Å². The molecule has 4 heterocycles. The summed E-state index contributed by atoms with van der Waals surface area (Å²) in [6, 6.07) is 67.3. The van der Waals surface area contributed by atoms with Gasteiger partial charge in [-0.3, -0.25) is 4.90 Å². The lowest BCUT2D eigenvalue weighted by molar-refractivity contribution is 0.700. The van der Waals surface area contributed by atoms with Crippen LogP contribution in [-0.2, 0) is 5.41 Å². The number of nitriles is 1. The molecule has 0 radical (unpaired) electrons. The summed E-state index contributed by atoms with van der Waals surface area (Å²) in [5, 5.41) is 16.1. The van der Waals surface area contributed by atoms with Crippen LogP contribution >= 0.6 is 0 Å². The van der Waals surface area contributed by atoms with E-state index in [1.807, 2.05) is 6.20 Å². The first-order valence-electron chi connectivity index (χ1n) is 20.8. The highest BCUT2D eigenvalue weighted by atomic mass is 15.2. The topological polar surface area (TPSA) is 49.8 Å². The Bertz CT molecular complexity index is 3240. The molecule has 286 valence electrons. The number of benzene rings is 7. The van der Waals surface area contributed by atoms with Crippen molar-refractivity contribution < 1.29 is 0 Å². The molecule has 0 fully saturated rings. The number of hydrogen-bond acceptors (Lipinski definition) is 3. The molecule has 0 unspecified atom stereocenters. The smallest absolute Gasteiger partial charge is 0.142 e. The minimum Gasteiger partial charge on any atom is -0.308 e. The van der Waals surface area contributed by atoms with E-state index in [4.69, 9.17) is 4.98 Å². The van der Waals surface area contributed by atoms with E-state index in [0.717, 1.165) is 77.8 Å². The molecule has 1 aliphatic carbocycles. The molecule has 12 rings (SSSR count). The summed E-state index contributed by atoms with van der Waals surface area (Å²) in [7, 11) is 0. The van der Waals surface area contributed by atoms with Crippen molar-refractivity contribution in [1.82, 2.24) is 14.1 Å². The van der Waals surface area contributed by atoms with Gasteiger partial charge in [-0.25, -0.2) is 4.98 Å². The fourth-order valence-electron chi connectivity index (χ4n) is 10.3. The van der Waals surface area contributed by atoms with E-state index >= 15 is 0 Å². The van der Waals surface area contributed by atoms with Gasteiger partial charge in [0.2, 0.25) is 0 Å². The van der Waals surface area contributed by atoms with Crippen molar-refractivity contribution in [1.29, 1.82) is 5.26 Å². The van der Waals surface area contributed by atoms with E-state index in [1.165, 1.54) is 16.7 Å². The number of pyridine rings is 1. The number of hydrogen-bond donors (Lipinski definition) is 0. The highest BCUT2D eigenvalue weighted by molar-refractivity contribution is 6.11. The lowest BCUT2D eigenvalue weighted by Crippen LogP contribution is -2.40. The maximum absolute atomic E-state index is 11.6. The first-order chi connectivity index (χ1) is 30.3. The number of aromatic nitrogens is 3. The first kappa shape index (κ1) is 34.8. The van der Waals surface area contributed by atoms with E-state index in [2.05, 4.69) is 226 Å². The molecule has 0 bridgehead atoms. The number of allylic oxidation sites excluding steroid dienone is 5. The van der Waals surface area contributed by atoms with Gasteiger partial charge in [-0.05, 0) is 59.2 Å². The van der Waals surface area contributed by atoms with E-state index < -0.39 is 5.41 Å². The van der Waals surface area contributed by atoms with Crippen LogP contribution < -0.4 is 4.90 Å². The second-order valence-electron chi connectivity index (χ2n) is 15.8. The van der Waals surface area contributed by atoms with Crippen LogP contribution in [0.2, 0.25) is 0 Å². The third kappa shape index (κ3) is 4.97. The lowest BCUT2D eigenvalue weighted by Gasteiger charge is -2.46. The van der Waals surface area contributed by atoms with Crippen LogP contribution in [0.4, 0.5) is 11.5 Å². The molecule has 2 aliphatic rings. The highest BCUT2D eigenvalue weighted by Crippen LogP contribution is 2.56. The molecule has 10 aromatic rings. The minimum absolute atomic E-state index is 0.581. The van der Waals surface area contributed by atoms with Gasteiger partial charge in [0.25, 0.3) is 0 Å². The van der Waals surface area contributed by atoms with Gasteiger partial charge in [0.1, 0.15) is 17.5 Å². The summed E-state index contributed by atoms with van der Waals surface area (Å²) in [4.78, 5) is 7.70. The van der Waals surface area contributed by atoms with Crippen molar-refractivity contribution >= 4 is 55.1 Å². The Hall–Kier alpha value is -8.20.